The normalized spacial score (nSPS) is 11.2. The molecule has 6 nitrogen and oxygen atoms in total. The summed E-state index contributed by atoms with van der Waals surface area (Å²) in [4.78, 5) is 21.2. The highest BCUT2D eigenvalue weighted by Gasteiger charge is 2.08. The Morgan fingerprint density at radius 2 is 1.97 bits per heavy atom. The molecule has 0 fully saturated rings. The van der Waals surface area contributed by atoms with Crippen molar-refractivity contribution in [3.63, 3.8) is 0 Å². The van der Waals surface area contributed by atoms with E-state index in [1.807, 2.05) is 6.92 Å². The summed E-state index contributed by atoms with van der Waals surface area (Å²) >= 11 is 1.61. The molecule has 9 heteroatoms. The zero-order chi connectivity index (χ0) is 20.5. The summed E-state index contributed by atoms with van der Waals surface area (Å²) in [5.41, 5.74) is 1.92. The number of nitrogens with zero attached hydrogens (tertiary/aromatic N) is 2. The van der Waals surface area contributed by atoms with Crippen LogP contribution in [0.2, 0.25) is 0 Å². The molecule has 0 saturated carbocycles. The van der Waals surface area contributed by atoms with Crippen molar-refractivity contribution in [3.05, 3.63) is 51.2 Å². The number of guanidine groups is 1. The van der Waals surface area contributed by atoms with Gasteiger partial charge in [0.2, 0.25) is 0 Å². The minimum atomic E-state index is -0.379. The number of aliphatic imine (C=N–C) groups is 1. The maximum atomic E-state index is 13.6. The number of nitrogens with one attached hydrogen (secondary N) is 3. The summed E-state index contributed by atoms with van der Waals surface area (Å²) in [5, 5.41) is 12.2. The topological polar surface area (TPSA) is 78.4 Å². The summed E-state index contributed by atoms with van der Waals surface area (Å²) in [5.74, 6) is 0.396. The summed E-state index contributed by atoms with van der Waals surface area (Å²) < 4.78 is 13.6. The van der Waals surface area contributed by atoms with Crippen molar-refractivity contribution < 1.29 is 9.18 Å². The van der Waals surface area contributed by atoms with Crippen LogP contribution in [0.4, 0.5) is 4.39 Å². The minimum Gasteiger partial charge on any atom is -0.357 e. The molecule has 160 valence electrons. The standard InChI is InChI=1S/C20H28FN5OS.HI/c1-5-22-20(25-11-18-26-17(12-28-18)13(2)3)24-9-8-23-19(27)15-7-6-14(4)16(21)10-15;/h6-7,10,12-13H,5,8-9,11H2,1-4H3,(H,23,27)(H2,22,24,25);1H. The minimum absolute atomic E-state index is 0. The van der Waals surface area contributed by atoms with Crippen molar-refractivity contribution in [2.24, 2.45) is 4.99 Å². The van der Waals surface area contributed by atoms with E-state index in [-0.39, 0.29) is 35.7 Å². The quantitative estimate of drug-likeness (QED) is 0.209. The first-order valence-corrected chi connectivity index (χ1v) is 10.3. The Morgan fingerprint density at radius 3 is 2.59 bits per heavy atom. The summed E-state index contributed by atoms with van der Waals surface area (Å²) in [6, 6.07) is 4.47. The number of carbonyl (C=O) groups is 1. The number of halogens is 2. The lowest BCUT2D eigenvalue weighted by Gasteiger charge is -2.11. The third-order valence-corrected chi connectivity index (χ3v) is 4.87. The van der Waals surface area contributed by atoms with Crippen LogP contribution >= 0.6 is 35.3 Å². The molecule has 2 rings (SSSR count). The number of thiazole rings is 1. The average Bonchev–Trinajstić information content (AvgIpc) is 3.14. The second-order valence-electron chi connectivity index (χ2n) is 6.66. The van der Waals surface area contributed by atoms with E-state index >= 15 is 0 Å². The van der Waals surface area contributed by atoms with Crippen LogP contribution in [0.3, 0.4) is 0 Å². The SMILES string of the molecule is CCNC(=NCc1nc(C(C)C)cs1)NCCNC(=O)c1ccc(C)c(F)c1.I. The van der Waals surface area contributed by atoms with Gasteiger partial charge in [0.25, 0.3) is 5.91 Å². The Bertz CT molecular complexity index is 825. The number of hydrogen-bond acceptors (Lipinski definition) is 4. The lowest BCUT2D eigenvalue weighted by atomic mass is 10.1. The molecule has 1 amide bonds. The van der Waals surface area contributed by atoms with Crippen LogP contribution in [0, 0.1) is 12.7 Å². The predicted molar refractivity (Wildman–Crippen MR) is 128 cm³/mol. The molecule has 0 aliphatic rings. The van der Waals surface area contributed by atoms with Crippen molar-refractivity contribution in [2.75, 3.05) is 19.6 Å². The number of carbonyl (C=O) groups excluding carboxylic acids is 1. The zero-order valence-electron chi connectivity index (χ0n) is 17.2. The third-order valence-electron chi connectivity index (χ3n) is 4.01. The highest BCUT2D eigenvalue weighted by atomic mass is 127. The van der Waals surface area contributed by atoms with Crippen molar-refractivity contribution in [3.8, 4) is 0 Å². The highest BCUT2D eigenvalue weighted by molar-refractivity contribution is 14.0. The number of aromatic nitrogens is 1. The van der Waals surface area contributed by atoms with Crippen LogP contribution in [-0.2, 0) is 6.54 Å². The monoisotopic (exact) mass is 533 g/mol. The summed E-state index contributed by atoms with van der Waals surface area (Å²) in [6.45, 7) is 10.0. The largest absolute Gasteiger partial charge is 0.357 e. The van der Waals surface area contributed by atoms with Gasteiger partial charge in [-0.3, -0.25) is 4.79 Å². The molecule has 0 radical (unpaired) electrons. The fourth-order valence-electron chi connectivity index (χ4n) is 2.34. The smallest absolute Gasteiger partial charge is 0.251 e. The van der Waals surface area contributed by atoms with Crippen molar-refractivity contribution in [2.45, 2.75) is 40.2 Å². The van der Waals surface area contributed by atoms with E-state index in [1.54, 1.807) is 30.4 Å². The summed E-state index contributed by atoms with van der Waals surface area (Å²) in [7, 11) is 0. The zero-order valence-corrected chi connectivity index (χ0v) is 20.4. The van der Waals surface area contributed by atoms with E-state index < -0.39 is 0 Å². The van der Waals surface area contributed by atoms with Crippen molar-refractivity contribution in [1.29, 1.82) is 0 Å². The number of benzene rings is 1. The van der Waals surface area contributed by atoms with E-state index in [1.165, 1.54) is 6.07 Å². The van der Waals surface area contributed by atoms with E-state index in [2.05, 4.69) is 45.2 Å². The van der Waals surface area contributed by atoms with E-state index in [0.717, 1.165) is 17.2 Å². The fraction of sp³-hybridized carbons (Fsp3) is 0.450. The molecule has 1 aromatic heterocycles. The van der Waals surface area contributed by atoms with Gasteiger partial charge in [0.05, 0.1) is 12.2 Å². The first-order chi connectivity index (χ1) is 13.4. The van der Waals surface area contributed by atoms with Gasteiger partial charge >= 0.3 is 0 Å². The molecule has 0 spiro atoms. The molecule has 0 aliphatic heterocycles. The van der Waals surface area contributed by atoms with Crippen LogP contribution in [0.5, 0.6) is 0 Å². The molecule has 3 N–H and O–H groups in total. The maximum Gasteiger partial charge on any atom is 0.251 e. The Hall–Kier alpha value is -1.75. The Labute approximate surface area is 192 Å². The van der Waals surface area contributed by atoms with E-state index in [9.17, 15) is 9.18 Å². The van der Waals surface area contributed by atoms with Crippen LogP contribution < -0.4 is 16.0 Å². The van der Waals surface area contributed by atoms with Crippen LogP contribution in [0.15, 0.2) is 28.6 Å². The number of amides is 1. The van der Waals surface area contributed by atoms with Crippen molar-refractivity contribution >= 4 is 47.2 Å². The highest BCUT2D eigenvalue weighted by Crippen LogP contribution is 2.18. The lowest BCUT2D eigenvalue weighted by molar-refractivity contribution is 0.0954. The molecule has 0 aliphatic carbocycles. The molecular weight excluding hydrogens is 504 g/mol. The number of aryl methyl sites for hydroxylation is 1. The van der Waals surface area contributed by atoms with Gasteiger partial charge in [0.1, 0.15) is 10.8 Å². The van der Waals surface area contributed by atoms with Gasteiger partial charge in [0, 0.05) is 30.6 Å². The van der Waals surface area contributed by atoms with Crippen molar-refractivity contribution in [1.82, 2.24) is 20.9 Å². The second-order valence-corrected chi connectivity index (χ2v) is 7.61. The van der Waals surface area contributed by atoms with E-state index in [0.29, 0.717) is 42.6 Å². The number of hydrogen-bond donors (Lipinski definition) is 3. The van der Waals surface area contributed by atoms with Gasteiger partial charge in [0.15, 0.2) is 5.96 Å². The molecule has 29 heavy (non-hydrogen) atoms. The van der Waals surface area contributed by atoms with Gasteiger partial charge in [-0.1, -0.05) is 19.9 Å². The lowest BCUT2D eigenvalue weighted by Crippen LogP contribution is -2.41. The molecular formula is C20H29FIN5OS. The Balaban J connectivity index is 0.00000420. The van der Waals surface area contributed by atoms with Gasteiger partial charge in [-0.25, -0.2) is 14.4 Å². The van der Waals surface area contributed by atoms with Crippen LogP contribution in [0.1, 0.15) is 53.3 Å². The first-order valence-electron chi connectivity index (χ1n) is 9.41. The second kappa shape index (κ2) is 12.7. The molecule has 0 unspecified atom stereocenters. The Kier molecular flexibility index (Phi) is 11.1. The van der Waals surface area contributed by atoms with Gasteiger partial charge < -0.3 is 16.0 Å². The summed E-state index contributed by atoms with van der Waals surface area (Å²) in [6.07, 6.45) is 0. The molecule has 2 aromatic rings. The average molecular weight is 533 g/mol. The maximum absolute atomic E-state index is 13.6. The third kappa shape index (κ3) is 8.25. The predicted octanol–water partition coefficient (Wildman–Crippen LogP) is 3.82. The van der Waals surface area contributed by atoms with Gasteiger partial charge in [-0.2, -0.15) is 0 Å². The van der Waals surface area contributed by atoms with Crippen LogP contribution in [-0.4, -0.2) is 36.5 Å². The van der Waals surface area contributed by atoms with Gasteiger partial charge in [-0.15, -0.1) is 35.3 Å². The van der Waals surface area contributed by atoms with Crippen LogP contribution in [0.25, 0.3) is 0 Å². The number of rotatable bonds is 8. The molecule has 0 bridgehead atoms. The van der Waals surface area contributed by atoms with E-state index in [4.69, 9.17) is 0 Å². The molecule has 1 aromatic carbocycles. The molecule has 1 heterocycles. The molecule has 0 atom stereocenters. The Morgan fingerprint density at radius 1 is 1.24 bits per heavy atom. The van der Waals surface area contributed by atoms with Gasteiger partial charge in [-0.05, 0) is 37.5 Å². The molecule has 0 saturated heterocycles. The first kappa shape index (κ1) is 25.3. The fourth-order valence-corrected chi connectivity index (χ4v) is 3.22.